The zero-order chi connectivity index (χ0) is 8.27. The first-order valence-electron chi connectivity index (χ1n) is 3.70. The summed E-state index contributed by atoms with van der Waals surface area (Å²) in [6.45, 7) is 0.644. The molecule has 2 N–H and O–H groups in total. The van der Waals surface area contributed by atoms with Gasteiger partial charge in [-0.15, -0.1) is 0 Å². The Morgan fingerprint density at radius 2 is 2.09 bits per heavy atom. The number of rotatable bonds is 2. The van der Waals surface area contributed by atoms with Gasteiger partial charge in [0.15, 0.2) is 0 Å². The minimum Gasteiger partial charge on any atom is -0.439 e. The molecule has 60 valence electrons. The van der Waals surface area contributed by atoms with Gasteiger partial charge in [-0.2, -0.15) is 0 Å². The number of anilines is 1. The molecular weight excluding hydrogens is 168 g/mol. The maximum Gasteiger partial charge on any atom is 0.0965 e. The summed E-state index contributed by atoms with van der Waals surface area (Å²) in [6, 6.07) is 8.44. The molecule has 11 heavy (non-hydrogen) atoms. The van der Waals surface area contributed by atoms with Crippen LogP contribution in [0, 0.1) is 0 Å². The third-order valence-corrected chi connectivity index (χ3v) is 2.70. The predicted octanol–water partition coefficient (Wildman–Crippen LogP) is -1.49. The van der Waals surface area contributed by atoms with E-state index in [2.05, 4.69) is 28.5 Å². The second kappa shape index (κ2) is 3.70. The van der Waals surface area contributed by atoms with Crippen LogP contribution in [0.25, 0.3) is 0 Å². The van der Waals surface area contributed by atoms with Crippen molar-refractivity contribution in [1.29, 1.82) is 0 Å². The van der Waals surface area contributed by atoms with Gasteiger partial charge in [-0.1, -0.05) is 12.1 Å². The molecule has 0 radical (unpaired) electrons. The summed E-state index contributed by atoms with van der Waals surface area (Å²) in [5.41, 5.74) is 8.07. The van der Waals surface area contributed by atoms with E-state index in [0.29, 0.717) is 6.54 Å². The molecule has 0 fully saturated rings. The van der Waals surface area contributed by atoms with Crippen LogP contribution in [0.15, 0.2) is 24.3 Å². The van der Waals surface area contributed by atoms with Crippen LogP contribution < -0.4 is 9.96 Å². The van der Waals surface area contributed by atoms with Gasteiger partial charge in [0.1, 0.15) is 0 Å². The first-order chi connectivity index (χ1) is 5.24. The van der Waals surface area contributed by atoms with Crippen LogP contribution >= 0.6 is 0 Å². The smallest absolute Gasteiger partial charge is 0.0965 e. The molecule has 0 bridgehead atoms. The van der Waals surface area contributed by atoms with Crippen LogP contribution in [0.5, 0.6) is 0 Å². The minimum atomic E-state index is 0.644. The number of benzene rings is 1. The van der Waals surface area contributed by atoms with Crippen molar-refractivity contribution in [1.82, 2.24) is 0 Å². The Morgan fingerprint density at radius 3 is 2.64 bits per heavy atom. The summed E-state index contributed by atoms with van der Waals surface area (Å²) in [4.78, 5) is 0. The Labute approximate surface area is 73.4 Å². The van der Waals surface area contributed by atoms with Crippen molar-refractivity contribution in [3.05, 3.63) is 29.8 Å². The van der Waals surface area contributed by atoms with Gasteiger partial charge in [0.2, 0.25) is 0 Å². The SMILES string of the molecule is NCc1cccc(N([SiH3])[SiH3])c1. The monoisotopic (exact) mass is 182 g/mol. The van der Waals surface area contributed by atoms with E-state index < -0.39 is 0 Å². The van der Waals surface area contributed by atoms with Crippen molar-refractivity contribution in [2.45, 2.75) is 6.54 Å². The Balaban J connectivity index is 2.91. The second-order valence-corrected chi connectivity index (χ2v) is 7.24. The molecule has 0 spiro atoms. The van der Waals surface area contributed by atoms with Gasteiger partial charge < -0.3 is 9.96 Å². The van der Waals surface area contributed by atoms with Crippen LogP contribution in [0.3, 0.4) is 0 Å². The van der Waals surface area contributed by atoms with E-state index in [1.165, 1.54) is 11.3 Å². The normalized spacial score (nSPS) is 10.3. The highest BCUT2D eigenvalue weighted by molar-refractivity contribution is 6.41. The van der Waals surface area contributed by atoms with Crippen molar-refractivity contribution in [2.24, 2.45) is 5.73 Å². The molecule has 4 heteroatoms. The summed E-state index contributed by atoms with van der Waals surface area (Å²) < 4.78 is 2.35. The first-order valence-corrected chi connectivity index (χ1v) is 5.49. The third kappa shape index (κ3) is 2.18. The maximum atomic E-state index is 5.52. The van der Waals surface area contributed by atoms with E-state index in [0.717, 1.165) is 20.8 Å². The van der Waals surface area contributed by atoms with Gasteiger partial charge in [-0.05, 0) is 17.7 Å². The van der Waals surface area contributed by atoms with E-state index in [4.69, 9.17) is 5.73 Å². The molecule has 0 aliphatic carbocycles. The van der Waals surface area contributed by atoms with E-state index in [1.807, 2.05) is 0 Å². The highest BCUT2D eigenvalue weighted by Crippen LogP contribution is 2.11. The van der Waals surface area contributed by atoms with Crippen LogP contribution in [-0.4, -0.2) is 20.8 Å². The summed E-state index contributed by atoms with van der Waals surface area (Å²) in [5.74, 6) is 0. The highest BCUT2D eigenvalue weighted by atomic mass is 28.2. The second-order valence-electron chi connectivity index (χ2n) is 2.77. The summed E-state index contributed by atoms with van der Waals surface area (Å²) in [5, 5.41) is 0. The van der Waals surface area contributed by atoms with Crippen LogP contribution in [0.2, 0.25) is 0 Å². The lowest BCUT2D eigenvalue weighted by Crippen LogP contribution is -2.13. The summed E-state index contributed by atoms with van der Waals surface area (Å²) in [7, 11) is 2.22. The summed E-state index contributed by atoms with van der Waals surface area (Å²) in [6.07, 6.45) is 0. The lowest BCUT2D eigenvalue weighted by molar-refractivity contribution is 1.07. The molecule has 2 nitrogen and oxygen atoms in total. The lowest BCUT2D eigenvalue weighted by Gasteiger charge is -2.13. The standard InChI is InChI=1S/C7H14N2Si2/c8-5-6-2-1-3-7(4-6)9(10)11/h1-4H,5,8H2,10-11H3. The van der Waals surface area contributed by atoms with Crippen LogP contribution in [-0.2, 0) is 6.54 Å². The molecule has 0 aliphatic rings. The highest BCUT2D eigenvalue weighted by Gasteiger charge is 1.93. The quantitative estimate of drug-likeness (QED) is 0.565. The molecule has 0 saturated carbocycles. The van der Waals surface area contributed by atoms with Gasteiger partial charge >= 0.3 is 0 Å². The first kappa shape index (κ1) is 8.51. The molecule has 0 unspecified atom stereocenters. The molecular formula is C7H14N2Si2. The fourth-order valence-electron chi connectivity index (χ4n) is 0.962. The zero-order valence-corrected chi connectivity index (χ0v) is 11.0. The average molecular weight is 182 g/mol. The Kier molecular flexibility index (Phi) is 2.87. The van der Waals surface area contributed by atoms with Crippen molar-refractivity contribution >= 4 is 26.5 Å². The molecule has 0 aliphatic heterocycles. The number of hydrogen-bond acceptors (Lipinski definition) is 2. The van der Waals surface area contributed by atoms with Crippen LogP contribution in [0.1, 0.15) is 5.56 Å². The fourth-order valence-corrected chi connectivity index (χ4v) is 1.52. The van der Waals surface area contributed by atoms with Crippen molar-refractivity contribution in [3.8, 4) is 0 Å². The zero-order valence-electron chi connectivity index (χ0n) is 7.04. The third-order valence-electron chi connectivity index (χ3n) is 1.66. The van der Waals surface area contributed by atoms with E-state index in [-0.39, 0.29) is 0 Å². The van der Waals surface area contributed by atoms with Gasteiger partial charge in [0.05, 0.1) is 20.8 Å². The number of nitrogens with zero attached hydrogens (tertiary/aromatic N) is 1. The molecule has 0 atom stereocenters. The van der Waals surface area contributed by atoms with Crippen molar-refractivity contribution in [2.75, 3.05) is 4.23 Å². The predicted molar refractivity (Wildman–Crippen MR) is 56.7 cm³/mol. The topological polar surface area (TPSA) is 29.3 Å². The van der Waals surface area contributed by atoms with Gasteiger partial charge in [-0.25, -0.2) is 0 Å². The molecule has 0 saturated heterocycles. The summed E-state index contributed by atoms with van der Waals surface area (Å²) >= 11 is 0. The molecule has 0 amide bonds. The lowest BCUT2D eigenvalue weighted by atomic mass is 10.2. The van der Waals surface area contributed by atoms with Crippen LogP contribution in [0.4, 0.5) is 5.69 Å². The van der Waals surface area contributed by atoms with Gasteiger partial charge in [0, 0.05) is 12.2 Å². The Bertz CT molecular complexity index is 238. The number of nitrogens with two attached hydrogens (primary N) is 1. The van der Waals surface area contributed by atoms with E-state index in [1.54, 1.807) is 0 Å². The Morgan fingerprint density at radius 1 is 1.36 bits per heavy atom. The fraction of sp³-hybridized carbons (Fsp3) is 0.143. The van der Waals surface area contributed by atoms with Crippen molar-refractivity contribution in [3.63, 3.8) is 0 Å². The Hall–Kier alpha value is -0.586. The maximum absolute atomic E-state index is 5.52. The minimum absolute atomic E-state index is 0.644. The molecule has 0 heterocycles. The van der Waals surface area contributed by atoms with Gasteiger partial charge in [-0.3, -0.25) is 0 Å². The number of hydrogen-bond donors (Lipinski definition) is 1. The molecule has 1 aromatic rings. The largest absolute Gasteiger partial charge is 0.439 e. The molecule has 1 aromatic carbocycles. The van der Waals surface area contributed by atoms with E-state index >= 15 is 0 Å². The van der Waals surface area contributed by atoms with E-state index in [9.17, 15) is 0 Å². The molecule has 0 aromatic heterocycles. The average Bonchev–Trinajstić information content (AvgIpc) is 2.05. The van der Waals surface area contributed by atoms with Gasteiger partial charge in [0.25, 0.3) is 0 Å². The van der Waals surface area contributed by atoms with Crippen molar-refractivity contribution < 1.29 is 0 Å². The molecule has 1 rings (SSSR count).